The van der Waals surface area contributed by atoms with Gasteiger partial charge in [0.05, 0.1) is 12.8 Å². The van der Waals surface area contributed by atoms with Gasteiger partial charge in [-0.1, -0.05) is 49.4 Å². The first-order valence-corrected chi connectivity index (χ1v) is 12.2. The van der Waals surface area contributed by atoms with Crippen LogP contribution in [0.3, 0.4) is 0 Å². The highest BCUT2D eigenvalue weighted by Gasteiger charge is 2.22. The molecule has 3 aromatic carbocycles. The van der Waals surface area contributed by atoms with Crippen molar-refractivity contribution >= 4 is 34.7 Å². The highest BCUT2D eigenvalue weighted by molar-refractivity contribution is 5.82. The number of hydrogen-bond acceptors (Lipinski definition) is 5. The SMILES string of the molecule is Cc1ccccc1Nc1nc2ccc(CC(=O)N3CCc4cc(C(C)CC(=O)O)ccc4C3)cc2o1. The highest BCUT2D eigenvalue weighted by atomic mass is 16.4. The molecule has 184 valence electrons. The number of oxazole rings is 1. The van der Waals surface area contributed by atoms with E-state index in [4.69, 9.17) is 9.52 Å². The van der Waals surface area contributed by atoms with Gasteiger partial charge in [-0.3, -0.25) is 9.59 Å². The second-order valence-corrected chi connectivity index (χ2v) is 9.53. The van der Waals surface area contributed by atoms with Gasteiger partial charge in [0.2, 0.25) is 5.91 Å². The van der Waals surface area contributed by atoms with E-state index in [1.807, 2.05) is 73.3 Å². The standard InChI is InChI=1S/C29H29N3O4/c1-18-5-3-4-6-24(18)30-29-31-25-10-7-20(14-26(25)36-29)15-27(33)32-12-11-22-16-21(8-9-23(22)17-32)19(2)13-28(34)35/h3-10,14,16,19H,11-13,15,17H2,1-2H3,(H,30,31)(H,34,35). The zero-order valence-electron chi connectivity index (χ0n) is 20.5. The molecule has 0 aliphatic carbocycles. The quantitative estimate of drug-likeness (QED) is 0.356. The van der Waals surface area contributed by atoms with Gasteiger partial charge in [0.15, 0.2) is 5.58 Å². The van der Waals surface area contributed by atoms with Gasteiger partial charge in [-0.2, -0.15) is 4.98 Å². The molecule has 0 radical (unpaired) electrons. The number of aryl methyl sites for hydroxylation is 1. The first-order chi connectivity index (χ1) is 17.4. The van der Waals surface area contributed by atoms with Crippen LogP contribution in [0.15, 0.2) is 65.1 Å². The number of fused-ring (bicyclic) bond motifs is 2. The molecule has 0 bridgehead atoms. The minimum atomic E-state index is -0.792. The minimum absolute atomic E-state index is 0.0362. The summed E-state index contributed by atoms with van der Waals surface area (Å²) in [5, 5.41) is 12.3. The first kappa shape index (κ1) is 23.6. The van der Waals surface area contributed by atoms with Crippen LogP contribution in [0.2, 0.25) is 0 Å². The zero-order valence-corrected chi connectivity index (χ0v) is 20.5. The number of aromatic nitrogens is 1. The largest absolute Gasteiger partial charge is 0.481 e. The van der Waals surface area contributed by atoms with E-state index in [9.17, 15) is 9.59 Å². The van der Waals surface area contributed by atoms with E-state index in [0.29, 0.717) is 31.1 Å². The molecular formula is C29H29N3O4. The summed E-state index contributed by atoms with van der Waals surface area (Å²) < 4.78 is 5.91. The smallest absolute Gasteiger partial charge is 0.303 e. The van der Waals surface area contributed by atoms with E-state index >= 15 is 0 Å². The third kappa shape index (κ3) is 5.10. The Balaban J connectivity index is 1.25. The Morgan fingerprint density at radius 2 is 1.94 bits per heavy atom. The Morgan fingerprint density at radius 3 is 2.75 bits per heavy atom. The normalized spacial score (nSPS) is 13.9. The fraction of sp³-hybridized carbons (Fsp3) is 0.276. The van der Waals surface area contributed by atoms with Gasteiger partial charge in [0.25, 0.3) is 6.01 Å². The summed E-state index contributed by atoms with van der Waals surface area (Å²) in [6.45, 7) is 5.17. The topological polar surface area (TPSA) is 95.7 Å². The predicted octanol–water partition coefficient (Wildman–Crippen LogP) is 5.59. The summed E-state index contributed by atoms with van der Waals surface area (Å²) in [5.41, 5.74) is 7.66. The predicted molar refractivity (Wildman–Crippen MR) is 138 cm³/mol. The Bertz CT molecular complexity index is 1440. The van der Waals surface area contributed by atoms with Crippen LogP contribution in [-0.2, 0) is 29.0 Å². The van der Waals surface area contributed by atoms with Gasteiger partial charge < -0.3 is 19.7 Å². The zero-order chi connectivity index (χ0) is 25.2. The Labute approximate surface area is 209 Å². The lowest BCUT2D eigenvalue weighted by molar-refractivity contribution is -0.137. The number of carbonyl (C=O) groups is 2. The fourth-order valence-corrected chi connectivity index (χ4v) is 4.72. The number of carbonyl (C=O) groups excluding carboxylic acids is 1. The number of carboxylic acids is 1. The summed E-state index contributed by atoms with van der Waals surface area (Å²) in [5.74, 6) is -0.758. The summed E-state index contributed by atoms with van der Waals surface area (Å²) >= 11 is 0. The van der Waals surface area contributed by atoms with Crippen LogP contribution in [0.1, 0.15) is 47.1 Å². The van der Waals surface area contributed by atoms with Crippen molar-refractivity contribution in [3.05, 3.63) is 88.5 Å². The van der Waals surface area contributed by atoms with Gasteiger partial charge >= 0.3 is 5.97 Å². The molecule has 0 fully saturated rings. The summed E-state index contributed by atoms with van der Waals surface area (Å²) in [6.07, 6.45) is 1.17. The van der Waals surface area contributed by atoms with Crippen LogP contribution in [-0.4, -0.2) is 33.4 Å². The molecule has 1 unspecified atom stereocenters. The van der Waals surface area contributed by atoms with Crippen LogP contribution in [0, 0.1) is 6.92 Å². The van der Waals surface area contributed by atoms with Gasteiger partial charge in [-0.15, -0.1) is 0 Å². The molecule has 1 aromatic heterocycles. The molecule has 1 aliphatic heterocycles. The van der Waals surface area contributed by atoms with Crippen molar-refractivity contribution in [3.8, 4) is 0 Å². The van der Waals surface area contributed by atoms with E-state index in [-0.39, 0.29) is 18.2 Å². The number of aliphatic carboxylic acids is 1. The molecule has 4 aromatic rings. The number of carboxylic acid groups (broad SMARTS) is 1. The van der Waals surface area contributed by atoms with Gasteiger partial charge in [-0.25, -0.2) is 0 Å². The van der Waals surface area contributed by atoms with Gasteiger partial charge in [-0.05, 0) is 65.3 Å². The molecule has 1 aliphatic rings. The van der Waals surface area contributed by atoms with Crippen LogP contribution in [0.4, 0.5) is 11.7 Å². The maximum absolute atomic E-state index is 13.1. The van der Waals surface area contributed by atoms with Crippen LogP contribution < -0.4 is 5.32 Å². The maximum Gasteiger partial charge on any atom is 0.303 e. The number of nitrogens with one attached hydrogen (secondary N) is 1. The van der Waals surface area contributed by atoms with E-state index in [1.54, 1.807) is 0 Å². The molecule has 7 nitrogen and oxygen atoms in total. The fourth-order valence-electron chi connectivity index (χ4n) is 4.72. The summed E-state index contributed by atoms with van der Waals surface area (Å²) in [4.78, 5) is 30.5. The number of para-hydroxylation sites is 1. The third-order valence-electron chi connectivity index (χ3n) is 6.84. The Morgan fingerprint density at radius 1 is 1.11 bits per heavy atom. The van der Waals surface area contributed by atoms with Crippen molar-refractivity contribution in [2.45, 2.75) is 45.6 Å². The minimum Gasteiger partial charge on any atom is -0.481 e. The first-order valence-electron chi connectivity index (χ1n) is 12.2. The second kappa shape index (κ2) is 9.85. The summed E-state index contributed by atoms with van der Waals surface area (Å²) in [6, 6.07) is 20.2. The molecule has 1 amide bonds. The molecule has 36 heavy (non-hydrogen) atoms. The molecular weight excluding hydrogens is 454 g/mol. The molecule has 5 rings (SSSR count). The lowest BCUT2D eigenvalue weighted by Gasteiger charge is -2.29. The van der Waals surface area contributed by atoms with Gasteiger partial charge in [0.1, 0.15) is 5.52 Å². The van der Waals surface area contributed by atoms with E-state index in [1.165, 1.54) is 5.56 Å². The molecule has 2 heterocycles. The molecule has 0 spiro atoms. The van der Waals surface area contributed by atoms with E-state index in [0.717, 1.165) is 39.9 Å². The Hall–Kier alpha value is -4.13. The number of amides is 1. The van der Waals surface area contributed by atoms with Crippen molar-refractivity contribution in [2.24, 2.45) is 0 Å². The number of nitrogens with zero attached hydrogens (tertiary/aromatic N) is 2. The number of hydrogen-bond donors (Lipinski definition) is 2. The van der Waals surface area contributed by atoms with Crippen molar-refractivity contribution in [2.75, 3.05) is 11.9 Å². The van der Waals surface area contributed by atoms with Crippen molar-refractivity contribution in [1.29, 1.82) is 0 Å². The molecule has 2 N–H and O–H groups in total. The third-order valence-corrected chi connectivity index (χ3v) is 6.84. The molecule has 7 heteroatoms. The van der Waals surface area contributed by atoms with Crippen molar-refractivity contribution < 1.29 is 19.1 Å². The second-order valence-electron chi connectivity index (χ2n) is 9.53. The van der Waals surface area contributed by atoms with E-state index in [2.05, 4.69) is 16.4 Å². The lowest BCUT2D eigenvalue weighted by Crippen LogP contribution is -2.37. The van der Waals surface area contributed by atoms with E-state index < -0.39 is 5.97 Å². The molecule has 1 atom stereocenters. The molecule has 0 saturated carbocycles. The summed E-state index contributed by atoms with van der Waals surface area (Å²) in [7, 11) is 0. The van der Waals surface area contributed by atoms with Crippen LogP contribution in [0.25, 0.3) is 11.1 Å². The number of anilines is 2. The van der Waals surface area contributed by atoms with Crippen LogP contribution in [0.5, 0.6) is 0 Å². The maximum atomic E-state index is 13.1. The average Bonchev–Trinajstić information content (AvgIpc) is 3.26. The Kier molecular flexibility index (Phi) is 6.46. The average molecular weight is 484 g/mol. The monoisotopic (exact) mass is 483 g/mol. The van der Waals surface area contributed by atoms with Crippen molar-refractivity contribution in [3.63, 3.8) is 0 Å². The van der Waals surface area contributed by atoms with Gasteiger partial charge in [0, 0.05) is 18.8 Å². The highest BCUT2D eigenvalue weighted by Crippen LogP contribution is 2.27. The molecule has 0 saturated heterocycles. The number of benzene rings is 3. The lowest BCUT2D eigenvalue weighted by atomic mass is 9.91. The number of rotatable bonds is 7. The van der Waals surface area contributed by atoms with Crippen LogP contribution >= 0.6 is 0 Å². The van der Waals surface area contributed by atoms with Crippen molar-refractivity contribution in [1.82, 2.24) is 9.88 Å².